The van der Waals surface area contributed by atoms with Crippen LogP contribution in [0.25, 0.3) is 0 Å². The molecule has 2 amide bonds. The maximum absolute atomic E-state index is 11.8. The Bertz CT molecular complexity index is 446. The SMILES string of the molecule is CN1C(=O)CC(N=C2NC3(CCOCC3)CS2)C1=O. The second-order valence-corrected chi connectivity index (χ2v) is 6.22. The number of likely N-dealkylation sites (tertiary alicyclic amines) is 1. The second-order valence-electron chi connectivity index (χ2n) is 5.25. The third-order valence-corrected chi connectivity index (χ3v) is 5.12. The van der Waals surface area contributed by atoms with Gasteiger partial charge in [-0.15, -0.1) is 0 Å². The summed E-state index contributed by atoms with van der Waals surface area (Å²) in [5.41, 5.74) is 0.0688. The number of likely N-dealkylation sites (N-methyl/N-ethyl adjacent to an activating group) is 1. The number of amides is 2. The van der Waals surface area contributed by atoms with Crippen LogP contribution in [0.15, 0.2) is 4.99 Å². The summed E-state index contributed by atoms with van der Waals surface area (Å²) in [5, 5.41) is 4.23. The summed E-state index contributed by atoms with van der Waals surface area (Å²) in [5.74, 6) is 0.607. The van der Waals surface area contributed by atoms with Crippen molar-refractivity contribution in [3.63, 3.8) is 0 Å². The number of imide groups is 1. The summed E-state index contributed by atoms with van der Waals surface area (Å²) in [6.07, 6.45) is 2.13. The maximum Gasteiger partial charge on any atom is 0.254 e. The van der Waals surface area contributed by atoms with Crippen LogP contribution in [0.1, 0.15) is 19.3 Å². The van der Waals surface area contributed by atoms with Crippen molar-refractivity contribution in [1.29, 1.82) is 0 Å². The van der Waals surface area contributed by atoms with Crippen LogP contribution in [0.4, 0.5) is 0 Å². The van der Waals surface area contributed by atoms with Crippen LogP contribution in [0.3, 0.4) is 0 Å². The minimum absolute atomic E-state index is 0.0688. The van der Waals surface area contributed by atoms with Gasteiger partial charge in [0.25, 0.3) is 5.91 Å². The van der Waals surface area contributed by atoms with Crippen LogP contribution in [0.2, 0.25) is 0 Å². The lowest BCUT2D eigenvalue weighted by Crippen LogP contribution is -2.48. The number of thioether (sulfide) groups is 1. The summed E-state index contributed by atoms with van der Waals surface area (Å²) < 4.78 is 5.38. The van der Waals surface area contributed by atoms with Gasteiger partial charge < -0.3 is 10.1 Å². The first-order valence-corrected chi connectivity index (χ1v) is 7.45. The first-order chi connectivity index (χ1) is 9.10. The molecular weight excluding hydrogens is 266 g/mol. The van der Waals surface area contributed by atoms with Gasteiger partial charge in [0, 0.05) is 26.0 Å². The zero-order valence-electron chi connectivity index (χ0n) is 10.8. The van der Waals surface area contributed by atoms with Crippen molar-refractivity contribution in [3.05, 3.63) is 0 Å². The van der Waals surface area contributed by atoms with Gasteiger partial charge in [0.1, 0.15) is 6.04 Å². The molecule has 19 heavy (non-hydrogen) atoms. The molecule has 3 fully saturated rings. The Morgan fingerprint density at radius 3 is 2.79 bits per heavy atom. The van der Waals surface area contributed by atoms with Crippen molar-refractivity contribution >= 4 is 28.7 Å². The van der Waals surface area contributed by atoms with Crippen LogP contribution >= 0.6 is 11.8 Å². The second kappa shape index (κ2) is 4.79. The Morgan fingerprint density at radius 2 is 2.16 bits per heavy atom. The third-order valence-electron chi connectivity index (χ3n) is 3.94. The Labute approximate surface area is 116 Å². The van der Waals surface area contributed by atoms with Crippen molar-refractivity contribution in [2.45, 2.75) is 30.8 Å². The molecule has 1 atom stereocenters. The highest BCUT2D eigenvalue weighted by molar-refractivity contribution is 8.14. The largest absolute Gasteiger partial charge is 0.381 e. The third kappa shape index (κ3) is 2.36. The molecule has 3 aliphatic rings. The number of hydrogen-bond donors (Lipinski definition) is 1. The molecule has 0 saturated carbocycles. The van der Waals surface area contributed by atoms with E-state index in [1.54, 1.807) is 11.8 Å². The average molecular weight is 283 g/mol. The molecule has 0 bridgehead atoms. The van der Waals surface area contributed by atoms with Gasteiger partial charge in [0.2, 0.25) is 5.91 Å². The topological polar surface area (TPSA) is 71.0 Å². The highest BCUT2D eigenvalue weighted by Gasteiger charge is 2.41. The molecule has 7 heteroatoms. The number of nitrogens with one attached hydrogen (secondary N) is 1. The maximum atomic E-state index is 11.8. The average Bonchev–Trinajstić information content (AvgIpc) is 2.89. The van der Waals surface area contributed by atoms with Crippen LogP contribution in [0, 0.1) is 0 Å². The molecule has 3 rings (SSSR count). The monoisotopic (exact) mass is 283 g/mol. The van der Waals surface area contributed by atoms with Crippen LogP contribution in [-0.4, -0.2) is 59.5 Å². The van der Waals surface area contributed by atoms with Crippen molar-refractivity contribution in [2.24, 2.45) is 4.99 Å². The number of hydrogen-bond acceptors (Lipinski definition) is 5. The van der Waals surface area contributed by atoms with Crippen molar-refractivity contribution in [2.75, 3.05) is 26.0 Å². The number of aliphatic imine (C=N–C) groups is 1. The quantitative estimate of drug-likeness (QED) is 0.685. The lowest BCUT2D eigenvalue weighted by Gasteiger charge is -2.32. The molecule has 0 radical (unpaired) electrons. The number of amidine groups is 1. The fraction of sp³-hybridized carbons (Fsp3) is 0.750. The fourth-order valence-electron chi connectivity index (χ4n) is 2.59. The first-order valence-electron chi connectivity index (χ1n) is 6.47. The normalized spacial score (nSPS) is 32.4. The van der Waals surface area contributed by atoms with Gasteiger partial charge in [-0.1, -0.05) is 11.8 Å². The smallest absolute Gasteiger partial charge is 0.254 e. The zero-order valence-corrected chi connectivity index (χ0v) is 11.7. The number of rotatable bonds is 1. The van der Waals surface area contributed by atoms with Crippen molar-refractivity contribution < 1.29 is 14.3 Å². The van der Waals surface area contributed by atoms with Gasteiger partial charge in [-0.25, -0.2) is 4.99 Å². The van der Waals surface area contributed by atoms with E-state index in [9.17, 15) is 9.59 Å². The van der Waals surface area contributed by atoms with Crippen molar-refractivity contribution in [1.82, 2.24) is 10.2 Å². The minimum Gasteiger partial charge on any atom is -0.381 e. The standard InChI is InChI=1S/C12H17N3O3S/c1-15-9(16)6-8(10(15)17)13-11-14-12(7-19-11)2-4-18-5-3-12/h8H,2-7H2,1H3,(H,13,14). The molecule has 3 aliphatic heterocycles. The molecule has 3 saturated heterocycles. The Morgan fingerprint density at radius 1 is 1.42 bits per heavy atom. The Balaban J connectivity index is 1.69. The van der Waals surface area contributed by atoms with E-state index in [1.807, 2.05) is 0 Å². The van der Waals surface area contributed by atoms with Crippen molar-refractivity contribution in [3.8, 4) is 0 Å². The van der Waals surface area contributed by atoms with Gasteiger partial charge in [-0.3, -0.25) is 14.5 Å². The highest BCUT2D eigenvalue weighted by Crippen LogP contribution is 2.32. The number of ether oxygens (including phenoxy) is 1. The van der Waals surface area contributed by atoms with E-state index in [0.29, 0.717) is 0 Å². The first kappa shape index (κ1) is 12.9. The minimum atomic E-state index is -0.539. The van der Waals surface area contributed by atoms with Gasteiger partial charge in [-0.05, 0) is 12.8 Å². The molecule has 3 heterocycles. The van der Waals surface area contributed by atoms with E-state index in [1.165, 1.54) is 11.9 Å². The lowest BCUT2D eigenvalue weighted by molar-refractivity contribution is -0.136. The van der Waals surface area contributed by atoms with E-state index in [0.717, 1.165) is 37.0 Å². The zero-order chi connectivity index (χ0) is 13.5. The Kier molecular flexibility index (Phi) is 3.26. The lowest BCUT2D eigenvalue weighted by atomic mass is 9.93. The molecule has 0 aromatic carbocycles. The predicted molar refractivity (Wildman–Crippen MR) is 72.0 cm³/mol. The molecule has 1 spiro atoms. The van der Waals surface area contributed by atoms with E-state index in [2.05, 4.69) is 10.3 Å². The molecule has 1 N–H and O–H groups in total. The summed E-state index contributed by atoms with van der Waals surface area (Å²) in [6, 6.07) is -0.539. The summed E-state index contributed by atoms with van der Waals surface area (Å²) in [7, 11) is 1.51. The molecule has 104 valence electrons. The van der Waals surface area contributed by atoms with E-state index >= 15 is 0 Å². The number of carbonyl (C=O) groups is 2. The molecule has 1 unspecified atom stereocenters. The fourth-order valence-corrected chi connectivity index (χ4v) is 3.85. The molecule has 0 aromatic heterocycles. The van der Waals surface area contributed by atoms with Crippen LogP contribution < -0.4 is 5.32 Å². The van der Waals surface area contributed by atoms with Gasteiger partial charge in [-0.2, -0.15) is 0 Å². The molecular formula is C12H17N3O3S. The van der Waals surface area contributed by atoms with Crippen LogP contribution in [-0.2, 0) is 14.3 Å². The van der Waals surface area contributed by atoms with Gasteiger partial charge in [0.15, 0.2) is 5.17 Å². The predicted octanol–water partition coefficient (Wildman–Crippen LogP) is -0.0147. The van der Waals surface area contributed by atoms with E-state index in [-0.39, 0.29) is 23.8 Å². The molecule has 0 aromatic rings. The summed E-state index contributed by atoms with van der Waals surface area (Å²) in [6.45, 7) is 1.54. The van der Waals surface area contributed by atoms with E-state index < -0.39 is 6.04 Å². The Hall–Kier alpha value is -1.08. The molecule has 6 nitrogen and oxygen atoms in total. The summed E-state index contributed by atoms with van der Waals surface area (Å²) >= 11 is 1.64. The van der Waals surface area contributed by atoms with E-state index in [4.69, 9.17) is 4.74 Å². The van der Waals surface area contributed by atoms with Gasteiger partial charge in [0.05, 0.1) is 12.0 Å². The van der Waals surface area contributed by atoms with Gasteiger partial charge >= 0.3 is 0 Å². The number of nitrogens with zero attached hydrogens (tertiary/aromatic N) is 2. The highest BCUT2D eigenvalue weighted by atomic mass is 32.2. The number of carbonyl (C=O) groups excluding carboxylic acids is 2. The van der Waals surface area contributed by atoms with Crippen LogP contribution in [0.5, 0.6) is 0 Å². The summed E-state index contributed by atoms with van der Waals surface area (Å²) in [4.78, 5) is 28.9. The molecule has 0 aliphatic carbocycles.